The fraction of sp³-hybridized carbons (Fsp3) is 0.600. The first-order valence-corrected chi connectivity index (χ1v) is 7.66. The van der Waals surface area contributed by atoms with Gasteiger partial charge in [0.25, 0.3) is 0 Å². The molecule has 1 aliphatic heterocycles. The number of methoxy groups -OCH3 is 1. The number of likely N-dealkylation sites (tertiary alicyclic amines) is 1. The molecule has 19 heavy (non-hydrogen) atoms. The van der Waals surface area contributed by atoms with Crippen LogP contribution in [-0.2, 0) is 6.42 Å². The molecule has 1 heterocycles. The Kier molecular flexibility index (Phi) is 4.87. The van der Waals surface area contributed by atoms with Crippen LogP contribution in [0.2, 0.25) is 0 Å². The van der Waals surface area contributed by atoms with Gasteiger partial charge in [-0.15, -0.1) is 0 Å². The lowest BCUT2D eigenvalue weighted by molar-refractivity contribution is 0.312. The maximum atomic E-state index is 5.81. The van der Waals surface area contributed by atoms with Crippen LogP contribution in [0.3, 0.4) is 0 Å². The van der Waals surface area contributed by atoms with E-state index in [-0.39, 0.29) is 0 Å². The number of nitrogens with zero attached hydrogens (tertiary/aromatic N) is 1. The van der Waals surface area contributed by atoms with Crippen molar-refractivity contribution in [3.63, 3.8) is 0 Å². The molecule has 1 fully saturated rings. The minimum atomic E-state index is 0.449. The van der Waals surface area contributed by atoms with Crippen molar-refractivity contribution in [2.75, 3.05) is 27.2 Å². The van der Waals surface area contributed by atoms with Crippen molar-refractivity contribution in [3.05, 3.63) is 27.7 Å². The van der Waals surface area contributed by atoms with Gasteiger partial charge in [-0.05, 0) is 50.0 Å². The molecule has 0 spiro atoms. The third kappa shape index (κ3) is 2.96. The number of rotatable bonds is 4. The van der Waals surface area contributed by atoms with Crippen molar-refractivity contribution >= 4 is 15.9 Å². The standard InChI is InChI=1S/C15H23BrN2O/c1-4-12-13(16)6-11(7-15(12)19-3)14-5-10(8-17)9-18(14)2/h6-7,10,14H,4-5,8-9,17H2,1-3H3. The molecular formula is C15H23BrN2O. The summed E-state index contributed by atoms with van der Waals surface area (Å²) in [6.45, 7) is 4.00. The molecule has 0 amide bonds. The van der Waals surface area contributed by atoms with Crippen LogP contribution in [0.5, 0.6) is 5.75 Å². The summed E-state index contributed by atoms with van der Waals surface area (Å²) in [4.78, 5) is 2.39. The number of halogens is 1. The van der Waals surface area contributed by atoms with Gasteiger partial charge in [-0.3, -0.25) is 4.90 Å². The van der Waals surface area contributed by atoms with Crippen molar-refractivity contribution < 1.29 is 4.74 Å². The highest BCUT2D eigenvalue weighted by atomic mass is 79.9. The van der Waals surface area contributed by atoms with Gasteiger partial charge in [-0.2, -0.15) is 0 Å². The smallest absolute Gasteiger partial charge is 0.123 e. The number of benzene rings is 1. The van der Waals surface area contributed by atoms with E-state index in [2.05, 4.69) is 46.9 Å². The Labute approximate surface area is 124 Å². The van der Waals surface area contributed by atoms with E-state index in [1.165, 1.54) is 11.1 Å². The lowest BCUT2D eigenvalue weighted by Crippen LogP contribution is -2.20. The van der Waals surface area contributed by atoms with Crippen LogP contribution in [-0.4, -0.2) is 32.1 Å². The van der Waals surface area contributed by atoms with Gasteiger partial charge in [0, 0.05) is 22.6 Å². The van der Waals surface area contributed by atoms with E-state index in [0.717, 1.165) is 36.2 Å². The van der Waals surface area contributed by atoms with Gasteiger partial charge in [0.15, 0.2) is 0 Å². The molecule has 0 bridgehead atoms. The summed E-state index contributed by atoms with van der Waals surface area (Å²) in [5.74, 6) is 1.59. The highest BCUT2D eigenvalue weighted by Crippen LogP contribution is 2.38. The first kappa shape index (κ1) is 14.8. The second-order valence-corrected chi connectivity index (χ2v) is 6.18. The molecule has 2 rings (SSSR count). The van der Waals surface area contributed by atoms with Gasteiger partial charge in [-0.1, -0.05) is 22.9 Å². The molecule has 4 heteroatoms. The fourth-order valence-electron chi connectivity index (χ4n) is 3.01. The molecule has 1 saturated heterocycles. The number of hydrogen-bond acceptors (Lipinski definition) is 3. The average molecular weight is 327 g/mol. The Bertz CT molecular complexity index is 450. The Balaban J connectivity index is 2.33. The highest BCUT2D eigenvalue weighted by Gasteiger charge is 2.30. The largest absolute Gasteiger partial charge is 0.496 e. The zero-order chi connectivity index (χ0) is 14.0. The minimum Gasteiger partial charge on any atom is -0.496 e. The molecule has 2 atom stereocenters. The zero-order valence-corrected chi connectivity index (χ0v) is 13.5. The highest BCUT2D eigenvalue weighted by molar-refractivity contribution is 9.10. The van der Waals surface area contributed by atoms with E-state index in [1.807, 2.05) is 0 Å². The third-order valence-electron chi connectivity index (χ3n) is 4.10. The van der Waals surface area contributed by atoms with Crippen LogP contribution in [0.15, 0.2) is 16.6 Å². The fourth-order valence-corrected chi connectivity index (χ4v) is 3.76. The van der Waals surface area contributed by atoms with Gasteiger partial charge in [0.2, 0.25) is 0 Å². The molecule has 2 N–H and O–H groups in total. The lowest BCUT2D eigenvalue weighted by atomic mass is 9.98. The topological polar surface area (TPSA) is 38.5 Å². The molecule has 0 aliphatic carbocycles. The molecule has 106 valence electrons. The second-order valence-electron chi connectivity index (χ2n) is 5.33. The Morgan fingerprint density at radius 1 is 1.47 bits per heavy atom. The molecule has 2 unspecified atom stereocenters. The summed E-state index contributed by atoms with van der Waals surface area (Å²) in [7, 11) is 3.92. The van der Waals surface area contributed by atoms with E-state index in [4.69, 9.17) is 10.5 Å². The molecule has 0 aromatic heterocycles. The van der Waals surface area contributed by atoms with Crippen LogP contribution in [0.1, 0.15) is 30.5 Å². The maximum absolute atomic E-state index is 5.81. The Morgan fingerprint density at radius 3 is 2.74 bits per heavy atom. The van der Waals surface area contributed by atoms with Crippen LogP contribution < -0.4 is 10.5 Å². The van der Waals surface area contributed by atoms with Gasteiger partial charge in [-0.25, -0.2) is 0 Å². The Hall–Kier alpha value is -0.580. The third-order valence-corrected chi connectivity index (χ3v) is 4.81. The quantitative estimate of drug-likeness (QED) is 0.924. The van der Waals surface area contributed by atoms with Crippen molar-refractivity contribution in [3.8, 4) is 5.75 Å². The van der Waals surface area contributed by atoms with Gasteiger partial charge >= 0.3 is 0 Å². The number of hydrogen-bond donors (Lipinski definition) is 1. The van der Waals surface area contributed by atoms with E-state index >= 15 is 0 Å². The lowest BCUT2D eigenvalue weighted by Gasteiger charge is -2.21. The maximum Gasteiger partial charge on any atom is 0.123 e. The van der Waals surface area contributed by atoms with Crippen LogP contribution in [0.4, 0.5) is 0 Å². The molecule has 1 aromatic carbocycles. The van der Waals surface area contributed by atoms with Crippen molar-refractivity contribution in [1.82, 2.24) is 4.90 Å². The van der Waals surface area contributed by atoms with Crippen molar-refractivity contribution in [1.29, 1.82) is 0 Å². The zero-order valence-electron chi connectivity index (χ0n) is 11.9. The number of nitrogens with two attached hydrogens (primary N) is 1. The second kappa shape index (κ2) is 6.25. The summed E-state index contributed by atoms with van der Waals surface area (Å²) < 4.78 is 6.68. The summed E-state index contributed by atoms with van der Waals surface area (Å²) >= 11 is 3.67. The van der Waals surface area contributed by atoms with Gasteiger partial charge in [0.05, 0.1) is 7.11 Å². The van der Waals surface area contributed by atoms with Crippen LogP contribution >= 0.6 is 15.9 Å². The molecule has 1 aliphatic rings. The van der Waals surface area contributed by atoms with E-state index in [9.17, 15) is 0 Å². The average Bonchev–Trinajstić information content (AvgIpc) is 2.79. The van der Waals surface area contributed by atoms with E-state index in [1.54, 1.807) is 7.11 Å². The first-order chi connectivity index (χ1) is 9.10. The summed E-state index contributed by atoms with van der Waals surface area (Å²) in [5.41, 5.74) is 8.36. The summed E-state index contributed by atoms with van der Waals surface area (Å²) in [6.07, 6.45) is 2.10. The van der Waals surface area contributed by atoms with Crippen molar-refractivity contribution in [2.24, 2.45) is 11.7 Å². The minimum absolute atomic E-state index is 0.449. The number of ether oxygens (including phenoxy) is 1. The monoisotopic (exact) mass is 326 g/mol. The molecular weight excluding hydrogens is 304 g/mol. The normalized spacial score (nSPS) is 23.8. The van der Waals surface area contributed by atoms with Crippen LogP contribution in [0, 0.1) is 5.92 Å². The van der Waals surface area contributed by atoms with E-state index in [0.29, 0.717) is 12.0 Å². The summed E-state index contributed by atoms with van der Waals surface area (Å²) in [5, 5.41) is 0. The first-order valence-electron chi connectivity index (χ1n) is 6.87. The molecule has 1 aromatic rings. The SMILES string of the molecule is CCc1c(Br)cc(C2CC(CN)CN2C)cc1OC. The van der Waals surface area contributed by atoms with Crippen LogP contribution in [0.25, 0.3) is 0 Å². The molecule has 3 nitrogen and oxygen atoms in total. The molecule has 0 saturated carbocycles. The summed E-state index contributed by atoms with van der Waals surface area (Å²) in [6, 6.07) is 4.87. The Morgan fingerprint density at radius 2 is 2.21 bits per heavy atom. The predicted molar refractivity (Wildman–Crippen MR) is 82.6 cm³/mol. The van der Waals surface area contributed by atoms with Gasteiger partial charge < -0.3 is 10.5 Å². The predicted octanol–water partition coefficient (Wildman–Crippen LogP) is 2.97. The van der Waals surface area contributed by atoms with E-state index < -0.39 is 0 Å². The van der Waals surface area contributed by atoms with Crippen molar-refractivity contribution in [2.45, 2.75) is 25.8 Å². The van der Waals surface area contributed by atoms with Gasteiger partial charge in [0.1, 0.15) is 5.75 Å². The molecule has 0 radical (unpaired) electrons.